The fourth-order valence-corrected chi connectivity index (χ4v) is 5.66. The van der Waals surface area contributed by atoms with Crippen molar-refractivity contribution in [1.82, 2.24) is 0 Å². The molecule has 0 rings (SSSR count). The molecule has 0 fully saturated rings. The molecule has 3 N–H and O–H groups in total. The minimum Gasteiger partial charge on any atom is -0.458 e. The number of allylic oxidation sites excluding steroid dienone is 2. The molecule has 0 aromatic carbocycles. The Morgan fingerprint density at radius 2 is 1.00 bits per heavy atom. The molecule has 0 aliphatic carbocycles. The summed E-state index contributed by atoms with van der Waals surface area (Å²) in [5, 5.41) is 18.5. The van der Waals surface area contributed by atoms with Gasteiger partial charge in [-0.05, 0) is 32.1 Å². The molecular weight excluding hydrogens is 599 g/mol. The number of phosphoric ester groups is 1. The number of unbranched alkanes of at least 4 members (excludes halogenated alkanes) is 19. The lowest BCUT2D eigenvalue weighted by Gasteiger charge is -2.20. The van der Waals surface area contributed by atoms with Crippen LogP contribution >= 0.6 is 7.82 Å². The molecular formula is C34H65O10P. The molecule has 0 bridgehead atoms. The lowest BCUT2D eigenvalue weighted by atomic mass is 10.0. The lowest BCUT2D eigenvalue weighted by Crippen LogP contribution is -2.28. The Balaban J connectivity index is 3.63. The maximum absolute atomic E-state index is 12.1. The molecule has 0 aliphatic rings. The average Bonchev–Trinajstić information content (AvgIpc) is 3.01. The Kier molecular flexibility index (Phi) is 30.4. The van der Waals surface area contributed by atoms with Crippen LogP contribution in [0.25, 0.3) is 0 Å². The number of aliphatic hydroxyl groups excluding tert-OH is 2. The zero-order valence-electron chi connectivity index (χ0n) is 28.3. The molecule has 45 heavy (non-hydrogen) atoms. The minimum absolute atomic E-state index is 0.193. The Hall–Kier alpha value is -1.29. The van der Waals surface area contributed by atoms with Gasteiger partial charge in [0.25, 0.3) is 0 Å². The summed E-state index contributed by atoms with van der Waals surface area (Å²) >= 11 is 0. The van der Waals surface area contributed by atoms with Gasteiger partial charge in [0, 0.05) is 13.3 Å². The van der Waals surface area contributed by atoms with Gasteiger partial charge in [0.15, 0.2) is 0 Å². The molecule has 3 atom stereocenters. The highest BCUT2D eigenvalue weighted by atomic mass is 31.2. The largest absolute Gasteiger partial charge is 0.472 e. The third-order valence-corrected chi connectivity index (χ3v) is 8.48. The van der Waals surface area contributed by atoms with Gasteiger partial charge in [-0.1, -0.05) is 122 Å². The van der Waals surface area contributed by atoms with Gasteiger partial charge in [-0.25, -0.2) is 4.57 Å². The summed E-state index contributed by atoms with van der Waals surface area (Å²) in [6, 6.07) is 0. The molecule has 10 nitrogen and oxygen atoms in total. The number of esters is 2. The molecule has 0 saturated heterocycles. The van der Waals surface area contributed by atoms with E-state index in [1.807, 2.05) is 0 Å². The van der Waals surface area contributed by atoms with Crippen molar-refractivity contribution in [2.75, 3.05) is 26.4 Å². The van der Waals surface area contributed by atoms with Crippen LogP contribution < -0.4 is 0 Å². The molecule has 0 aromatic rings. The first-order valence-corrected chi connectivity index (χ1v) is 19.1. The second-order valence-corrected chi connectivity index (χ2v) is 13.4. The van der Waals surface area contributed by atoms with E-state index < -0.39 is 58.4 Å². The van der Waals surface area contributed by atoms with Gasteiger partial charge >= 0.3 is 19.8 Å². The van der Waals surface area contributed by atoms with Gasteiger partial charge in [-0.15, -0.1) is 0 Å². The second kappa shape index (κ2) is 31.3. The van der Waals surface area contributed by atoms with Crippen molar-refractivity contribution >= 4 is 19.8 Å². The van der Waals surface area contributed by atoms with Gasteiger partial charge in [-0.2, -0.15) is 0 Å². The van der Waals surface area contributed by atoms with Gasteiger partial charge < -0.3 is 24.6 Å². The highest BCUT2D eigenvalue weighted by Gasteiger charge is 2.27. The van der Waals surface area contributed by atoms with E-state index in [-0.39, 0.29) is 6.42 Å². The number of phosphoric acid groups is 1. The topological polar surface area (TPSA) is 149 Å². The first-order valence-electron chi connectivity index (χ1n) is 17.6. The molecule has 0 radical (unpaired) electrons. The molecule has 0 saturated carbocycles. The van der Waals surface area contributed by atoms with E-state index in [1.54, 1.807) is 0 Å². The lowest BCUT2D eigenvalue weighted by molar-refractivity contribution is -0.153. The van der Waals surface area contributed by atoms with Gasteiger partial charge in [0.05, 0.1) is 26.4 Å². The average molecular weight is 665 g/mol. The maximum atomic E-state index is 12.1. The van der Waals surface area contributed by atoms with Crippen molar-refractivity contribution in [3.8, 4) is 0 Å². The predicted molar refractivity (Wildman–Crippen MR) is 178 cm³/mol. The Morgan fingerprint density at radius 1 is 0.622 bits per heavy atom. The highest BCUT2D eigenvalue weighted by Crippen LogP contribution is 2.43. The maximum Gasteiger partial charge on any atom is 0.472 e. The summed E-state index contributed by atoms with van der Waals surface area (Å²) in [7, 11) is -4.58. The Morgan fingerprint density at radius 3 is 1.40 bits per heavy atom. The summed E-state index contributed by atoms with van der Waals surface area (Å²) < 4.78 is 31.3. The monoisotopic (exact) mass is 664 g/mol. The van der Waals surface area contributed by atoms with Gasteiger partial charge in [-0.3, -0.25) is 18.6 Å². The summed E-state index contributed by atoms with van der Waals surface area (Å²) in [6.07, 6.45) is 29.0. The summed E-state index contributed by atoms with van der Waals surface area (Å²) in [4.78, 5) is 32.7. The SMILES string of the molecule is CCCCCCCCCC/C=C\CCCCCCCCCCCCCC(=O)OC(CO)COP(=O)(O)OCC(CO)OC(C)=O. The third-order valence-electron chi connectivity index (χ3n) is 7.53. The summed E-state index contributed by atoms with van der Waals surface area (Å²) in [5.74, 6) is -1.20. The van der Waals surface area contributed by atoms with Crippen LogP contribution in [0.5, 0.6) is 0 Å². The summed E-state index contributed by atoms with van der Waals surface area (Å²) in [6.45, 7) is 1.08. The Labute approximate surface area is 273 Å². The number of aliphatic hydroxyl groups is 2. The van der Waals surface area contributed by atoms with Crippen molar-refractivity contribution in [3.05, 3.63) is 12.2 Å². The molecule has 11 heteroatoms. The van der Waals surface area contributed by atoms with E-state index >= 15 is 0 Å². The Bertz CT molecular complexity index is 776. The number of hydrogen-bond acceptors (Lipinski definition) is 9. The van der Waals surface area contributed by atoms with E-state index in [0.717, 1.165) is 26.2 Å². The van der Waals surface area contributed by atoms with Gasteiger partial charge in [0.1, 0.15) is 12.2 Å². The normalized spacial score (nSPS) is 14.3. The molecule has 0 heterocycles. The molecule has 266 valence electrons. The quantitative estimate of drug-likeness (QED) is 0.0272. The zero-order chi connectivity index (χ0) is 33.4. The number of hydrogen-bond donors (Lipinski definition) is 3. The van der Waals surface area contributed by atoms with Gasteiger partial charge in [0.2, 0.25) is 0 Å². The minimum atomic E-state index is -4.58. The van der Waals surface area contributed by atoms with Crippen molar-refractivity contribution in [2.24, 2.45) is 0 Å². The van der Waals surface area contributed by atoms with Crippen molar-refractivity contribution in [1.29, 1.82) is 0 Å². The van der Waals surface area contributed by atoms with Crippen LogP contribution in [0.15, 0.2) is 12.2 Å². The van der Waals surface area contributed by atoms with E-state index in [4.69, 9.17) is 23.6 Å². The fourth-order valence-electron chi connectivity index (χ4n) is 4.87. The second-order valence-electron chi connectivity index (χ2n) is 11.9. The molecule has 0 aliphatic heterocycles. The molecule has 0 spiro atoms. The van der Waals surface area contributed by atoms with E-state index in [0.29, 0.717) is 6.42 Å². The molecule has 0 aromatic heterocycles. The van der Waals surface area contributed by atoms with Crippen LogP contribution in [0.2, 0.25) is 0 Å². The number of ether oxygens (including phenoxy) is 2. The van der Waals surface area contributed by atoms with E-state index in [1.165, 1.54) is 109 Å². The summed E-state index contributed by atoms with van der Waals surface area (Å²) in [5.41, 5.74) is 0. The number of carbonyl (C=O) groups is 2. The standard InChI is InChI=1S/C34H65O10P/c1-3-4-5-6-7-8-9-10-11-12-13-14-15-16-17-18-19-20-21-22-23-24-25-26-34(38)44-33(28-36)30-42-45(39,40)41-29-32(27-35)43-31(2)37/h12-13,32-33,35-36H,3-11,14-30H2,1-2H3,(H,39,40)/b13-12-. The van der Waals surface area contributed by atoms with Crippen LogP contribution in [0.3, 0.4) is 0 Å². The molecule has 0 amide bonds. The molecule has 3 unspecified atom stereocenters. The first-order chi connectivity index (χ1) is 21.7. The van der Waals surface area contributed by atoms with Crippen molar-refractivity contribution in [2.45, 2.75) is 167 Å². The van der Waals surface area contributed by atoms with Crippen molar-refractivity contribution < 1.29 is 47.8 Å². The van der Waals surface area contributed by atoms with Crippen LogP contribution in [-0.2, 0) is 32.7 Å². The number of rotatable bonds is 33. The fraction of sp³-hybridized carbons (Fsp3) is 0.882. The highest BCUT2D eigenvalue weighted by molar-refractivity contribution is 7.47. The smallest absolute Gasteiger partial charge is 0.458 e. The zero-order valence-corrected chi connectivity index (χ0v) is 29.2. The van der Waals surface area contributed by atoms with Crippen LogP contribution in [0, 0.1) is 0 Å². The van der Waals surface area contributed by atoms with E-state index in [2.05, 4.69) is 19.1 Å². The van der Waals surface area contributed by atoms with Crippen LogP contribution in [0.4, 0.5) is 0 Å². The van der Waals surface area contributed by atoms with Crippen molar-refractivity contribution in [3.63, 3.8) is 0 Å². The third kappa shape index (κ3) is 31.1. The first kappa shape index (κ1) is 43.7. The van der Waals surface area contributed by atoms with Crippen LogP contribution in [0.1, 0.15) is 155 Å². The van der Waals surface area contributed by atoms with Crippen LogP contribution in [-0.4, -0.2) is 65.7 Å². The van der Waals surface area contributed by atoms with E-state index in [9.17, 15) is 24.2 Å². The predicted octanol–water partition coefficient (Wildman–Crippen LogP) is 8.11. The number of carbonyl (C=O) groups excluding carboxylic acids is 2.